The summed E-state index contributed by atoms with van der Waals surface area (Å²) in [6.07, 6.45) is 0. The van der Waals surface area contributed by atoms with E-state index in [0.717, 1.165) is 12.1 Å². The van der Waals surface area contributed by atoms with Gasteiger partial charge in [0, 0.05) is 19.7 Å². The lowest BCUT2D eigenvalue weighted by Gasteiger charge is -2.21. The molecule has 0 aliphatic rings. The van der Waals surface area contributed by atoms with Crippen molar-refractivity contribution < 1.29 is 9.84 Å². The quantitative estimate of drug-likeness (QED) is 0.790. The molecule has 1 atom stereocenters. The van der Waals surface area contributed by atoms with Crippen LogP contribution in [0.4, 0.5) is 0 Å². The molecule has 3 nitrogen and oxygen atoms in total. The van der Waals surface area contributed by atoms with E-state index in [2.05, 4.69) is 51.0 Å². The summed E-state index contributed by atoms with van der Waals surface area (Å²) in [4.78, 5) is 0. The van der Waals surface area contributed by atoms with Crippen molar-refractivity contribution in [1.82, 2.24) is 5.32 Å². The molecular formula is C13H19Br2NO2. The Hall–Kier alpha value is -0.100. The van der Waals surface area contributed by atoms with Crippen LogP contribution in [0.25, 0.3) is 0 Å². The zero-order valence-corrected chi connectivity index (χ0v) is 14.0. The van der Waals surface area contributed by atoms with Gasteiger partial charge in [-0.1, -0.05) is 13.8 Å². The summed E-state index contributed by atoms with van der Waals surface area (Å²) in [5.41, 5.74) is 1.10. The Morgan fingerprint density at radius 2 is 1.83 bits per heavy atom. The normalized spacial score (nSPS) is 13.0. The second kappa shape index (κ2) is 7.48. The fourth-order valence-electron chi connectivity index (χ4n) is 1.64. The summed E-state index contributed by atoms with van der Waals surface area (Å²) in [7, 11) is 1.71. The zero-order valence-electron chi connectivity index (χ0n) is 10.8. The van der Waals surface area contributed by atoms with Crippen molar-refractivity contribution in [1.29, 1.82) is 0 Å². The molecule has 2 N–H and O–H groups in total. The van der Waals surface area contributed by atoms with Gasteiger partial charge in [0.25, 0.3) is 0 Å². The summed E-state index contributed by atoms with van der Waals surface area (Å²) in [5.74, 6) is 0.741. The molecule has 18 heavy (non-hydrogen) atoms. The number of benzene rings is 1. The third-order valence-corrected chi connectivity index (χ3v) is 4.00. The fraction of sp³-hybridized carbons (Fsp3) is 0.538. The molecular weight excluding hydrogens is 362 g/mol. The van der Waals surface area contributed by atoms with Crippen LogP contribution in [-0.4, -0.2) is 24.9 Å². The first-order valence-electron chi connectivity index (χ1n) is 5.85. The maximum absolute atomic E-state index is 9.65. The average molecular weight is 381 g/mol. The molecule has 0 fully saturated rings. The molecule has 1 unspecified atom stereocenters. The minimum absolute atomic E-state index is 0.232. The molecule has 0 amide bonds. The van der Waals surface area contributed by atoms with Crippen LogP contribution in [-0.2, 0) is 11.3 Å². The van der Waals surface area contributed by atoms with Crippen molar-refractivity contribution in [3.05, 3.63) is 26.6 Å². The number of ether oxygens (including phenoxy) is 1. The van der Waals surface area contributed by atoms with Gasteiger partial charge in [-0.25, -0.2) is 0 Å². The van der Waals surface area contributed by atoms with Gasteiger partial charge in [0.15, 0.2) is 0 Å². The molecule has 1 aromatic carbocycles. The van der Waals surface area contributed by atoms with Gasteiger partial charge in [0.05, 0.1) is 15.6 Å². The van der Waals surface area contributed by atoms with Crippen molar-refractivity contribution in [2.45, 2.75) is 26.4 Å². The third kappa shape index (κ3) is 4.53. The highest BCUT2D eigenvalue weighted by molar-refractivity contribution is 9.11. The molecule has 0 aliphatic heterocycles. The van der Waals surface area contributed by atoms with Crippen LogP contribution < -0.4 is 5.32 Å². The van der Waals surface area contributed by atoms with Crippen LogP contribution in [0.5, 0.6) is 5.75 Å². The van der Waals surface area contributed by atoms with Gasteiger partial charge in [0.1, 0.15) is 5.75 Å². The Morgan fingerprint density at radius 3 is 2.28 bits per heavy atom. The van der Waals surface area contributed by atoms with E-state index in [0.29, 0.717) is 27.5 Å². The summed E-state index contributed by atoms with van der Waals surface area (Å²) >= 11 is 6.66. The van der Waals surface area contributed by atoms with Crippen LogP contribution >= 0.6 is 31.9 Å². The second-order valence-electron chi connectivity index (χ2n) is 4.59. The molecule has 1 aromatic rings. The lowest BCUT2D eigenvalue weighted by Crippen LogP contribution is -2.37. The number of hydrogen-bond donors (Lipinski definition) is 2. The van der Waals surface area contributed by atoms with E-state index < -0.39 is 0 Å². The number of aromatic hydroxyl groups is 1. The number of rotatable bonds is 6. The third-order valence-electron chi connectivity index (χ3n) is 2.80. The molecule has 0 radical (unpaired) electrons. The molecule has 5 heteroatoms. The Morgan fingerprint density at radius 1 is 1.28 bits per heavy atom. The van der Waals surface area contributed by atoms with E-state index in [1.54, 1.807) is 7.11 Å². The molecule has 0 bridgehead atoms. The lowest BCUT2D eigenvalue weighted by atomic mass is 10.0. The van der Waals surface area contributed by atoms with Crippen LogP contribution in [0.2, 0.25) is 0 Å². The smallest absolute Gasteiger partial charge is 0.143 e. The number of methoxy groups -OCH3 is 1. The highest BCUT2D eigenvalue weighted by Crippen LogP contribution is 2.33. The van der Waals surface area contributed by atoms with E-state index in [1.807, 2.05) is 12.1 Å². The second-order valence-corrected chi connectivity index (χ2v) is 6.30. The molecule has 0 heterocycles. The number of halogens is 2. The van der Waals surface area contributed by atoms with Gasteiger partial charge in [-0.2, -0.15) is 0 Å². The largest absolute Gasteiger partial charge is 0.506 e. The van der Waals surface area contributed by atoms with Crippen LogP contribution in [0, 0.1) is 5.92 Å². The minimum atomic E-state index is 0.232. The predicted molar refractivity (Wildman–Crippen MR) is 80.8 cm³/mol. The molecule has 102 valence electrons. The van der Waals surface area contributed by atoms with E-state index >= 15 is 0 Å². The predicted octanol–water partition coefficient (Wildman–Crippen LogP) is 3.68. The first-order chi connectivity index (χ1) is 8.45. The van der Waals surface area contributed by atoms with Gasteiger partial charge in [-0.05, 0) is 55.5 Å². The van der Waals surface area contributed by atoms with Gasteiger partial charge in [0.2, 0.25) is 0 Å². The summed E-state index contributed by atoms with van der Waals surface area (Å²) in [6.45, 7) is 5.76. The van der Waals surface area contributed by atoms with Gasteiger partial charge >= 0.3 is 0 Å². The van der Waals surface area contributed by atoms with Crippen LogP contribution in [0.1, 0.15) is 19.4 Å². The van der Waals surface area contributed by atoms with Gasteiger partial charge < -0.3 is 15.2 Å². The number of phenolic OH excluding ortho intramolecular Hbond substituents is 1. The van der Waals surface area contributed by atoms with Crippen LogP contribution in [0.15, 0.2) is 21.1 Å². The standard InChI is InChI=1S/C13H19Br2NO2/c1-8(2)12(7-18-3)16-6-9-4-10(14)13(17)11(15)5-9/h4-5,8,12,16-17H,6-7H2,1-3H3. The van der Waals surface area contributed by atoms with Crippen molar-refractivity contribution in [2.24, 2.45) is 5.92 Å². The number of phenols is 1. The molecule has 0 aliphatic carbocycles. The summed E-state index contributed by atoms with van der Waals surface area (Å²) in [6, 6.07) is 4.15. The maximum Gasteiger partial charge on any atom is 0.143 e. The molecule has 0 saturated carbocycles. The molecule has 0 aromatic heterocycles. The van der Waals surface area contributed by atoms with Gasteiger partial charge in [-0.3, -0.25) is 0 Å². The van der Waals surface area contributed by atoms with E-state index in [1.165, 1.54) is 0 Å². The number of nitrogens with one attached hydrogen (secondary N) is 1. The van der Waals surface area contributed by atoms with E-state index in [9.17, 15) is 5.11 Å². The Balaban J connectivity index is 2.67. The summed E-state index contributed by atoms with van der Waals surface area (Å²) in [5, 5.41) is 13.1. The Kier molecular flexibility index (Phi) is 6.63. The number of hydrogen-bond acceptors (Lipinski definition) is 3. The topological polar surface area (TPSA) is 41.5 Å². The first-order valence-corrected chi connectivity index (χ1v) is 7.43. The highest BCUT2D eigenvalue weighted by atomic mass is 79.9. The summed E-state index contributed by atoms with van der Waals surface area (Å²) < 4.78 is 6.59. The molecule has 1 rings (SSSR count). The maximum atomic E-state index is 9.65. The highest BCUT2D eigenvalue weighted by Gasteiger charge is 2.13. The van der Waals surface area contributed by atoms with Crippen molar-refractivity contribution in [2.75, 3.05) is 13.7 Å². The van der Waals surface area contributed by atoms with Crippen molar-refractivity contribution in [3.8, 4) is 5.75 Å². The van der Waals surface area contributed by atoms with Gasteiger partial charge in [-0.15, -0.1) is 0 Å². The van der Waals surface area contributed by atoms with Crippen molar-refractivity contribution >= 4 is 31.9 Å². The van der Waals surface area contributed by atoms with Crippen LogP contribution in [0.3, 0.4) is 0 Å². The molecule has 0 saturated heterocycles. The zero-order chi connectivity index (χ0) is 13.7. The minimum Gasteiger partial charge on any atom is -0.506 e. The average Bonchev–Trinajstić information content (AvgIpc) is 2.30. The fourth-order valence-corrected chi connectivity index (χ4v) is 2.92. The lowest BCUT2D eigenvalue weighted by molar-refractivity contribution is 0.146. The first kappa shape index (κ1) is 16.0. The Bertz CT molecular complexity index is 374. The Labute approximate surface area is 125 Å². The molecule has 0 spiro atoms. The van der Waals surface area contributed by atoms with Crippen molar-refractivity contribution in [3.63, 3.8) is 0 Å². The van der Waals surface area contributed by atoms with E-state index in [-0.39, 0.29) is 5.75 Å². The SMILES string of the molecule is COCC(NCc1cc(Br)c(O)c(Br)c1)C(C)C. The monoisotopic (exact) mass is 379 g/mol. The van der Waals surface area contributed by atoms with E-state index in [4.69, 9.17) is 4.74 Å².